The Kier molecular flexibility index (Phi) is 4.55. The van der Waals surface area contributed by atoms with Crippen molar-refractivity contribution in [2.75, 3.05) is 14.2 Å². The van der Waals surface area contributed by atoms with Crippen molar-refractivity contribution in [1.82, 2.24) is 0 Å². The summed E-state index contributed by atoms with van der Waals surface area (Å²) in [6.07, 6.45) is 2.35. The Hall–Kier alpha value is -1.80. The summed E-state index contributed by atoms with van der Waals surface area (Å²) in [5.74, 6) is 1.46. The second-order valence-corrected chi connectivity index (χ2v) is 3.23. The lowest BCUT2D eigenvalue weighted by Gasteiger charge is -2.13. The lowest BCUT2D eigenvalue weighted by atomic mass is 10.0. The highest BCUT2D eigenvalue weighted by molar-refractivity contribution is 5.47. The molecule has 86 valence electrons. The summed E-state index contributed by atoms with van der Waals surface area (Å²) < 4.78 is 10.4. The summed E-state index contributed by atoms with van der Waals surface area (Å²) in [4.78, 5) is 13.7. The standard InChI is InChI=1S/C12H15NO3/c1-4-11-9(7-13-8-14)5-10(15-2)6-12(11)16-3/h5-6H,4,7H2,1-3H3. The smallest absolute Gasteiger partial charge is 0.235 e. The summed E-state index contributed by atoms with van der Waals surface area (Å²) in [6.45, 7) is 2.33. The maximum absolute atomic E-state index is 10.1. The van der Waals surface area contributed by atoms with Gasteiger partial charge in [0.25, 0.3) is 0 Å². The molecule has 0 saturated carbocycles. The van der Waals surface area contributed by atoms with E-state index in [1.807, 2.05) is 19.1 Å². The minimum Gasteiger partial charge on any atom is -0.497 e. The second-order valence-electron chi connectivity index (χ2n) is 3.23. The summed E-state index contributed by atoms with van der Waals surface area (Å²) in [7, 11) is 3.20. The number of rotatable bonds is 5. The maximum atomic E-state index is 10.1. The van der Waals surface area contributed by atoms with E-state index in [9.17, 15) is 4.79 Å². The number of hydrogen-bond acceptors (Lipinski definition) is 4. The number of hydrogen-bond donors (Lipinski definition) is 0. The van der Waals surface area contributed by atoms with Gasteiger partial charge in [-0.2, -0.15) is 0 Å². The van der Waals surface area contributed by atoms with Gasteiger partial charge in [-0.1, -0.05) is 6.92 Å². The van der Waals surface area contributed by atoms with Crippen molar-refractivity contribution in [3.05, 3.63) is 23.3 Å². The van der Waals surface area contributed by atoms with Gasteiger partial charge in [0.2, 0.25) is 6.08 Å². The van der Waals surface area contributed by atoms with Gasteiger partial charge < -0.3 is 9.47 Å². The lowest BCUT2D eigenvalue weighted by molar-refractivity contribution is 0.390. The van der Waals surface area contributed by atoms with Crippen molar-refractivity contribution in [2.24, 2.45) is 4.99 Å². The number of aliphatic imine (C=N–C) groups is 1. The van der Waals surface area contributed by atoms with E-state index in [4.69, 9.17) is 9.47 Å². The van der Waals surface area contributed by atoms with Crippen LogP contribution >= 0.6 is 0 Å². The maximum Gasteiger partial charge on any atom is 0.235 e. The molecule has 0 fully saturated rings. The van der Waals surface area contributed by atoms with E-state index in [0.717, 1.165) is 23.3 Å². The van der Waals surface area contributed by atoms with Gasteiger partial charge in [0, 0.05) is 6.07 Å². The SMILES string of the molecule is CCc1c(CN=C=O)cc(OC)cc1OC. The molecule has 0 amide bonds. The lowest BCUT2D eigenvalue weighted by Crippen LogP contribution is -1.98. The van der Waals surface area contributed by atoms with Crippen LogP contribution < -0.4 is 9.47 Å². The molecule has 0 aliphatic carbocycles. The van der Waals surface area contributed by atoms with Crippen LogP contribution in [0.15, 0.2) is 17.1 Å². The Labute approximate surface area is 94.9 Å². The van der Waals surface area contributed by atoms with E-state index in [-0.39, 0.29) is 0 Å². The average molecular weight is 221 g/mol. The second kappa shape index (κ2) is 5.93. The fourth-order valence-corrected chi connectivity index (χ4v) is 1.63. The molecule has 0 N–H and O–H groups in total. The Bertz CT molecular complexity index is 409. The molecule has 16 heavy (non-hydrogen) atoms. The van der Waals surface area contributed by atoms with Gasteiger partial charge in [-0.25, -0.2) is 9.79 Å². The van der Waals surface area contributed by atoms with Crippen molar-refractivity contribution in [1.29, 1.82) is 0 Å². The number of nitrogens with zero attached hydrogens (tertiary/aromatic N) is 1. The molecule has 1 aromatic rings. The molecular weight excluding hydrogens is 206 g/mol. The Balaban J connectivity index is 3.24. The molecule has 4 nitrogen and oxygen atoms in total. The van der Waals surface area contributed by atoms with Crippen LogP contribution in [-0.2, 0) is 17.8 Å². The van der Waals surface area contributed by atoms with Crippen molar-refractivity contribution in [3.8, 4) is 11.5 Å². The largest absolute Gasteiger partial charge is 0.497 e. The zero-order valence-electron chi connectivity index (χ0n) is 9.74. The van der Waals surface area contributed by atoms with Crippen LogP contribution in [0.4, 0.5) is 0 Å². The van der Waals surface area contributed by atoms with Crippen LogP contribution in [0.1, 0.15) is 18.1 Å². The molecule has 4 heteroatoms. The highest BCUT2D eigenvalue weighted by atomic mass is 16.5. The normalized spacial score (nSPS) is 9.44. The molecule has 1 aromatic carbocycles. The van der Waals surface area contributed by atoms with E-state index in [2.05, 4.69) is 4.99 Å². The zero-order valence-corrected chi connectivity index (χ0v) is 9.74. The van der Waals surface area contributed by atoms with Gasteiger partial charge in [-0.3, -0.25) is 0 Å². The molecule has 0 saturated heterocycles. The van der Waals surface area contributed by atoms with Crippen molar-refractivity contribution in [2.45, 2.75) is 19.9 Å². The average Bonchev–Trinajstić information content (AvgIpc) is 2.34. The molecule has 0 spiro atoms. The molecule has 0 aromatic heterocycles. The topological polar surface area (TPSA) is 47.9 Å². The van der Waals surface area contributed by atoms with E-state index in [0.29, 0.717) is 12.3 Å². The summed E-state index contributed by atoms with van der Waals surface area (Å²) in [6, 6.07) is 3.69. The van der Waals surface area contributed by atoms with Crippen molar-refractivity contribution in [3.63, 3.8) is 0 Å². The molecule has 1 rings (SSSR count). The van der Waals surface area contributed by atoms with E-state index < -0.39 is 0 Å². The Morgan fingerprint density at radius 3 is 2.56 bits per heavy atom. The molecule has 0 unspecified atom stereocenters. The van der Waals surface area contributed by atoms with Crippen molar-refractivity contribution < 1.29 is 14.3 Å². The number of carbonyl (C=O) groups excluding carboxylic acids is 1. The Morgan fingerprint density at radius 2 is 2.06 bits per heavy atom. The first-order valence-electron chi connectivity index (χ1n) is 5.04. The summed E-state index contributed by atoms with van der Waals surface area (Å²) >= 11 is 0. The number of methoxy groups -OCH3 is 2. The fourth-order valence-electron chi connectivity index (χ4n) is 1.63. The number of isocyanates is 1. The molecule has 0 atom stereocenters. The van der Waals surface area contributed by atoms with E-state index in [1.54, 1.807) is 14.2 Å². The number of ether oxygens (including phenoxy) is 2. The van der Waals surface area contributed by atoms with Gasteiger partial charge >= 0.3 is 0 Å². The van der Waals surface area contributed by atoms with E-state index >= 15 is 0 Å². The third-order valence-corrected chi connectivity index (χ3v) is 2.40. The van der Waals surface area contributed by atoms with Crippen molar-refractivity contribution >= 4 is 6.08 Å². The minimum absolute atomic E-state index is 0.306. The first kappa shape index (κ1) is 12.3. The van der Waals surface area contributed by atoms with E-state index in [1.165, 1.54) is 6.08 Å². The predicted octanol–water partition coefficient (Wildman–Crippen LogP) is 2.10. The first-order valence-corrected chi connectivity index (χ1v) is 5.04. The summed E-state index contributed by atoms with van der Waals surface area (Å²) in [5, 5.41) is 0. The van der Waals surface area contributed by atoms with Crippen LogP contribution in [0.5, 0.6) is 11.5 Å². The van der Waals surface area contributed by atoms with Crippen LogP contribution in [0.3, 0.4) is 0 Å². The van der Waals surface area contributed by atoms with Gasteiger partial charge in [0.1, 0.15) is 11.5 Å². The van der Waals surface area contributed by atoms with Crippen LogP contribution in [0, 0.1) is 0 Å². The van der Waals surface area contributed by atoms with Crippen LogP contribution in [0.2, 0.25) is 0 Å². The highest BCUT2D eigenvalue weighted by Gasteiger charge is 2.10. The number of benzene rings is 1. The summed E-state index contributed by atoms with van der Waals surface area (Å²) in [5.41, 5.74) is 1.98. The Morgan fingerprint density at radius 1 is 1.31 bits per heavy atom. The van der Waals surface area contributed by atoms with Gasteiger partial charge in [0.15, 0.2) is 0 Å². The van der Waals surface area contributed by atoms with Gasteiger partial charge in [-0.05, 0) is 23.6 Å². The fraction of sp³-hybridized carbons (Fsp3) is 0.417. The quantitative estimate of drug-likeness (QED) is 0.565. The molecule has 0 aliphatic heterocycles. The van der Waals surface area contributed by atoms with Crippen LogP contribution in [0.25, 0.3) is 0 Å². The molecule has 0 aliphatic rings. The predicted molar refractivity (Wildman–Crippen MR) is 60.7 cm³/mol. The van der Waals surface area contributed by atoms with Gasteiger partial charge in [-0.15, -0.1) is 0 Å². The zero-order chi connectivity index (χ0) is 12.0. The molecule has 0 radical (unpaired) electrons. The monoisotopic (exact) mass is 221 g/mol. The van der Waals surface area contributed by atoms with Crippen LogP contribution in [-0.4, -0.2) is 20.3 Å². The highest BCUT2D eigenvalue weighted by Crippen LogP contribution is 2.29. The molecule has 0 bridgehead atoms. The third kappa shape index (κ3) is 2.61. The third-order valence-electron chi connectivity index (χ3n) is 2.40. The molecule has 0 heterocycles. The van der Waals surface area contributed by atoms with Gasteiger partial charge in [0.05, 0.1) is 20.8 Å². The minimum atomic E-state index is 0.306. The molecular formula is C12H15NO3. The first-order chi connectivity index (χ1) is 7.76.